The highest BCUT2D eigenvalue weighted by molar-refractivity contribution is 5.76. The normalized spacial score (nSPS) is 17.7. The van der Waals surface area contributed by atoms with Crippen LogP contribution in [-0.4, -0.2) is 52.3 Å². The predicted octanol–water partition coefficient (Wildman–Crippen LogP) is 1.70. The Kier molecular flexibility index (Phi) is 5.43. The van der Waals surface area contributed by atoms with Crippen LogP contribution >= 0.6 is 0 Å². The Morgan fingerprint density at radius 1 is 1.42 bits per heavy atom. The number of hydrogen-bond acceptors (Lipinski definition) is 5. The minimum Gasteiger partial charge on any atom is -0.373 e. The second-order valence-electron chi connectivity index (χ2n) is 5.77. The molecule has 1 atom stereocenters. The van der Waals surface area contributed by atoms with Crippen LogP contribution in [0.2, 0.25) is 0 Å². The molecular formula is C17H23N5O2. The summed E-state index contributed by atoms with van der Waals surface area (Å²) in [5.74, 6) is 0.971. The molecule has 2 aromatic heterocycles. The van der Waals surface area contributed by atoms with E-state index in [1.807, 2.05) is 47.1 Å². The second-order valence-corrected chi connectivity index (χ2v) is 5.77. The van der Waals surface area contributed by atoms with Gasteiger partial charge in [0.15, 0.2) is 0 Å². The lowest BCUT2D eigenvalue weighted by molar-refractivity contribution is -0.139. The Labute approximate surface area is 141 Å². The van der Waals surface area contributed by atoms with Crippen molar-refractivity contribution in [2.24, 2.45) is 0 Å². The monoisotopic (exact) mass is 329 g/mol. The van der Waals surface area contributed by atoms with Crippen molar-refractivity contribution in [2.45, 2.75) is 25.5 Å². The highest BCUT2D eigenvalue weighted by atomic mass is 16.5. The van der Waals surface area contributed by atoms with Crippen LogP contribution in [0.4, 0.5) is 5.82 Å². The van der Waals surface area contributed by atoms with Crippen molar-refractivity contribution in [3.8, 4) is 0 Å². The van der Waals surface area contributed by atoms with E-state index in [1.165, 1.54) is 0 Å². The maximum absolute atomic E-state index is 12.4. The lowest BCUT2D eigenvalue weighted by Gasteiger charge is -2.33. The molecule has 3 heterocycles. The Balaban J connectivity index is 1.53. The molecule has 1 aliphatic heterocycles. The summed E-state index contributed by atoms with van der Waals surface area (Å²) in [7, 11) is 1.84. The Morgan fingerprint density at radius 3 is 3.12 bits per heavy atom. The maximum atomic E-state index is 12.4. The number of amides is 1. The van der Waals surface area contributed by atoms with E-state index in [2.05, 4.69) is 15.4 Å². The minimum absolute atomic E-state index is 0.165. The molecule has 128 valence electrons. The average Bonchev–Trinajstić information content (AvgIpc) is 3.15. The highest BCUT2D eigenvalue weighted by Crippen LogP contribution is 2.22. The molecule has 0 aromatic carbocycles. The summed E-state index contributed by atoms with van der Waals surface area (Å²) in [5.41, 5.74) is 0.857. The molecular weight excluding hydrogens is 306 g/mol. The van der Waals surface area contributed by atoms with Gasteiger partial charge in [0.05, 0.1) is 18.8 Å². The molecule has 7 nitrogen and oxygen atoms in total. The Morgan fingerprint density at radius 2 is 2.33 bits per heavy atom. The molecule has 24 heavy (non-hydrogen) atoms. The zero-order valence-electron chi connectivity index (χ0n) is 13.9. The summed E-state index contributed by atoms with van der Waals surface area (Å²) in [6, 6.07) is 7.69. The first-order valence-electron chi connectivity index (χ1n) is 8.28. The van der Waals surface area contributed by atoms with E-state index < -0.39 is 0 Å². The molecule has 1 aliphatic rings. The molecule has 3 rings (SSSR count). The molecule has 1 N–H and O–H groups in total. The first-order valence-corrected chi connectivity index (χ1v) is 8.28. The van der Waals surface area contributed by atoms with E-state index in [0.717, 1.165) is 24.5 Å². The zero-order valence-corrected chi connectivity index (χ0v) is 13.9. The topological polar surface area (TPSA) is 72.3 Å². The fraction of sp³-hybridized carbons (Fsp3) is 0.471. The lowest BCUT2D eigenvalue weighted by Crippen LogP contribution is -2.42. The van der Waals surface area contributed by atoms with Crippen LogP contribution < -0.4 is 5.32 Å². The van der Waals surface area contributed by atoms with E-state index in [4.69, 9.17) is 4.74 Å². The van der Waals surface area contributed by atoms with Crippen molar-refractivity contribution in [3.05, 3.63) is 42.4 Å². The molecule has 1 fully saturated rings. The largest absolute Gasteiger partial charge is 0.373 e. The summed E-state index contributed by atoms with van der Waals surface area (Å²) < 4.78 is 7.66. The SMILES string of the molecule is CNc1cccc(C2CN(C(=O)CCCn3cccn3)CCO2)n1. The lowest BCUT2D eigenvalue weighted by atomic mass is 10.1. The molecule has 0 radical (unpaired) electrons. The number of carbonyl (C=O) groups excluding carboxylic acids is 1. The van der Waals surface area contributed by atoms with E-state index in [1.54, 1.807) is 6.20 Å². The third-order valence-corrected chi connectivity index (χ3v) is 4.11. The summed E-state index contributed by atoms with van der Waals surface area (Å²) in [6.45, 7) is 2.50. The molecule has 0 bridgehead atoms. The van der Waals surface area contributed by atoms with Crippen LogP contribution in [0.1, 0.15) is 24.6 Å². The number of nitrogens with one attached hydrogen (secondary N) is 1. The first-order chi connectivity index (χ1) is 11.8. The number of nitrogens with zero attached hydrogens (tertiary/aromatic N) is 4. The van der Waals surface area contributed by atoms with Gasteiger partial charge in [-0.15, -0.1) is 0 Å². The van der Waals surface area contributed by atoms with E-state index in [9.17, 15) is 4.79 Å². The molecule has 0 saturated carbocycles. The summed E-state index contributed by atoms with van der Waals surface area (Å²) in [4.78, 5) is 18.8. The number of aryl methyl sites for hydroxylation is 1. The first kappa shape index (κ1) is 16.4. The smallest absolute Gasteiger partial charge is 0.222 e. The second kappa shape index (κ2) is 7.92. The van der Waals surface area contributed by atoms with Crippen molar-refractivity contribution >= 4 is 11.7 Å². The van der Waals surface area contributed by atoms with Gasteiger partial charge in [-0.1, -0.05) is 6.07 Å². The Bertz CT molecular complexity index is 659. The third kappa shape index (κ3) is 4.11. The summed E-state index contributed by atoms with van der Waals surface area (Å²) in [5, 5.41) is 7.18. The summed E-state index contributed by atoms with van der Waals surface area (Å²) >= 11 is 0. The zero-order chi connectivity index (χ0) is 16.8. The van der Waals surface area contributed by atoms with Crippen molar-refractivity contribution in [1.82, 2.24) is 19.7 Å². The number of anilines is 1. The Hall–Kier alpha value is -2.41. The van der Waals surface area contributed by atoms with Crippen LogP contribution in [-0.2, 0) is 16.1 Å². The van der Waals surface area contributed by atoms with E-state index in [-0.39, 0.29) is 12.0 Å². The van der Waals surface area contributed by atoms with Crippen LogP contribution in [0.3, 0.4) is 0 Å². The number of hydrogen-bond donors (Lipinski definition) is 1. The standard InChI is InChI=1S/C17H23N5O2/c1-18-16-6-2-5-14(20-16)15-13-21(11-12-24-15)17(23)7-3-9-22-10-4-8-19-22/h2,4-6,8,10,15H,3,7,9,11-13H2,1H3,(H,18,20). The minimum atomic E-state index is -0.165. The third-order valence-electron chi connectivity index (χ3n) is 4.11. The highest BCUT2D eigenvalue weighted by Gasteiger charge is 2.26. The van der Waals surface area contributed by atoms with Gasteiger partial charge in [0.1, 0.15) is 11.9 Å². The average molecular weight is 329 g/mol. The van der Waals surface area contributed by atoms with Crippen LogP contribution in [0.25, 0.3) is 0 Å². The van der Waals surface area contributed by atoms with Crippen LogP contribution in [0.15, 0.2) is 36.7 Å². The van der Waals surface area contributed by atoms with Gasteiger partial charge in [-0.25, -0.2) is 4.98 Å². The number of morpholine rings is 1. The molecule has 1 amide bonds. The van der Waals surface area contributed by atoms with Gasteiger partial charge in [-0.05, 0) is 24.6 Å². The van der Waals surface area contributed by atoms with E-state index >= 15 is 0 Å². The number of carbonyl (C=O) groups is 1. The fourth-order valence-electron chi connectivity index (χ4n) is 2.81. The summed E-state index contributed by atoms with van der Waals surface area (Å²) in [6.07, 6.45) is 4.81. The molecule has 0 spiro atoms. The predicted molar refractivity (Wildman–Crippen MR) is 90.5 cm³/mol. The van der Waals surface area contributed by atoms with Gasteiger partial charge < -0.3 is 15.0 Å². The van der Waals surface area contributed by atoms with Gasteiger partial charge >= 0.3 is 0 Å². The number of rotatable bonds is 6. The quantitative estimate of drug-likeness (QED) is 0.873. The van der Waals surface area contributed by atoms with Gasteiger partial charge in [0.2, 0.25) is 5.91 Å². The van der Waals surface area contributed by atoms with Crippen molar-refractivity contribution in [2.75, 3.05) is 32.1 Å². The number of ether oxygens (including phenoxy) is 1. The van der Waals surface area contributed by atoms with Gasteiger partial charge in [-0.3, -0.25) is 9.48 Å². The molecule has 1 saturated heterocycles. The number of pyridine rings is 1. The maximum Gasteiger partial charge on any atom is 0.222 e. The van der Waals surface area contributed by atoms with Crippen LogP contribution in [0, 0.1) is 0 Å². The molecule has 1 unspecified atom stereocenters. The van der Waals surface area contributed by atoms with Crippen molar-refractivity contribution in [1.29, 1.82) is 0 Å². The van der Waals surface area contributed by atoms with Gasteiger partial charge in [0.25, 0.3) is 0 Å². The van der Waals surface area contributed by atoms with Crippen molar-refractivity contribution in [3.63, 3.8) is 0 Å². The fourth-order valence-corrected chi connectivity index (χ4v) is 2.81. The molecule has 2 aromatic rings. The van der Waals surface area contributed by atoms with Crippen LogP contribution in [0.5, 0.6) is 0 Å². The van der Waals surface area contributed by atoms with Gasteiger partial charge in [0, 0.05) is 39.0 Å². The number of aromatic nitrogens is 3. The molecule has 7 heteroatoms. The van der Waals surface area contributed by atoms with Gasteiger partial charge in [-0.2, -0.15) is 5.10 Å². The molecule has 0 aliphatic carbocycles. The van der Waals surface area contributed by atoms with Crippen molar-refractivity contribution < 1.29 is 9.53 Å². The van der Waals surface area contributed by atoms with E-state index in [0.29, 0.717) is 26.1 Å².